The molecule has 2 atom stereocenters. The molecule has 0 aromatic heterocycles. The van der Waals surface area contributed by atoms with E-state index in [4.69, 9.17) is 4.74 Å². The van der Waals surface area contributed by atoms with Gasteiger partial charge in [0, 0.05) is 31.4 Å². The van der Waals surface area contributed by atoms with Crippen molar-refractivity contribution in [1.82, 2.24) is 10.2 Å². The molecule has 0 bridgehead atoms. The minimum atomic E-state index is 0.298. The first-order chi connectivity index (χ1) is 9.77. The van der Waals surface area contributed by atoms with E-state index in [0.717, 1.165) is 38.2 Å². The normalized spacial score (nSPS) is 31.4. The van der Waals surface area contributed by atoms with Gasteiger partial charge in [-0.3, -0.25) is 4.79 Å². The minimum absolute atomic E-state index is 0.298. The first-order valence-corrected chi connectivity index (χ1v) is 9.00. The molecule has 114 valence electrons. The lowest BCUT2D eigenvalue weighted by Crippen LogP contribution is -2.44. The Morgan fingerprint density at radius 3 is 2.90 bits per heavy atom. The molecule has 2 heterocycles. The molecule has 20 heavy (non-hydrogen) atoms. The predicted molar refractivity (Wildman–Crippen MR) is 82.0 cm³/mol. The van der Waals surface area contributed by atoms with E-state index in [1.165, 1.54) is 18.6 Å². The van der Waals surface area contributed by atoms with E-state index >= 15 is 0 Å². The van der Waals surface area contributed by atoms with E-state index in [-0.39, 0.29) is 0 Å². The Balaban J connectivity index is 1.63. The molecule has 4 nitrogen and oxygen atoms in total. The molecule has 1 N–H and O–H groups in total. The van der Waals surface area contributed by atoms with E-state index in [1.807, 2.05) is 11.8 Å². The molecule has 1 saturated carbocycles. The van der Waals surface area contributed by atoms with Crippen molar-refractivity contribution in [3.63, 3.8) is 0 Å². The van der Waals surface area contributed by atoms with E-state index in [0.29, 0.717) is 29.9 Å². The molecule has 2 saturated heterocycles. The molecule has 2 aliphatic heterocycles. The number of amides is 1. The van der Waals surface area contributed by atoms with Crippen LogP contribution in [0, 0.1) is 11.3 Å². The van der Waals surface area contributed by atoms with Gasteiger partial charge in [0.2, 0.25) is 5.91 Å². The highest BCUT2D eigenvalue weighted by Crippen LogP contribution is 2.59. The van der Waals surface area contributed by atoms with Crippen molar-refractivity contribution in [2.24, 2.45) is 11.3 Å². The summed E-state index contributed by atoms with van der Waals surface area (Å²) in [6.45, 7) is 3.60. The van der Waals surface area contributed by atoms with Crippen molar-refractivity contribution in [3.8, 4) is 0 Å². The molecule has 1 spiro atoms. The maximum absolute atomic E-state index is 12.9. The lowest BCUT2D eigenvalue weighted by molar-refractivity contribution is -0.136. The third-order valence-corrected chi connectivity index (χ3v) is 6.40. The highest BCUT2D eigenvalue weighted by Gasteiger charge is 2.58. The number of methoxy groups -OCH3 is 1. The molecule has 0 aromatic rings. The standard InChI is InChI=1S/C15H26N2O2S/c1-19-8-7-17(12-2-9-20-11-12)14(18)13-10-15(13)3-5-16-6-4-15/h12-13,16H,2-11H2,1H3. The summed E-state index contributed by atoms with van der Waals surface area (Å²) in [5.74, 6) is 3.02. The average Bonchev–Trinajstić information content (AvgIpc) is 2.90. The van der Waals surface area contributed by atoms with Crippen molar-refractivity contribution in [1.29, 1.82) is 0 Å². The van der Waals surface area contributed by atoms with Crippen LogP contribution in [0.2, 0.25) is 0 Å². The topological polar surface area (TPSA) is 41.6 Å². The number of piperidine rings is 1. The largest absolute Gasteiger partial charge is 0.383 e. The van der Waals surface area contributed by atoms with Gasteiger partial charge in [0.1, 0.15) is 0 Å². The molecular formula is C15H26N2O2S. The van der Waals surface area contributed by atoms with Crippen molar-refractivity contribution in [3.05, 3.63) is 0 Å². The number of nitrogens with one attached hydrogen (secondary N) is 1. The zero-order chi connectivity index (χ0) is 14.0. The number of ether oxygens (including phenoxy) is 1. The zero-order valence-corrected chi connectivity index (χ0v) is 13.2. The Bertz CT molecular complexity index is 352. The average molecular weight is 298 g/mol. The number of thioether (sulfide) groups is 1. The maximum atomic E-state index is 12.9. The Kier molecular flexibility index (Phi) is 4.58. The second-order valence-electron chi connectivity index (χ2n) is 6.41. The van der Waals surface area contributed by atoms with Gasteiger partial charge in [-0.2, -0.15) is 11.8 Å². The number of hydrogen-bond acceptors (Lipinski definition) is 4. The van der Waals surface area contributed by atoms with Crippen LogP contribution in [0.4, 0.5) is 0 Å². The highest BCUT2D eigenvalue weighted by molar-refractivity contribution is 7.99. The summed E-state index contributed by atoms with van der Waals surface area (Å²) >= 11 is 1.98. The van der Waals surface area contributed by atoms with Crippen LogP contribution in [0.15, 0.2) is 0 Å². The second kappa shape index (κ2) is 6.24. The van der Waals surface area contributed by atoms with E-state index in [1.54, 1.807) is 7.11 Å². The quantitative estimate of drug-likeness (QED) is 0.832. The number of carbonyl (C=O) groups is 1. The lowest BCUT2D eigenvalue weighted by atomic mass is 9.91. The van der Waals surface area contributed by atoms with E-state index in [9.17, 15) is 4.79 Å². The van der Waals surface area contributed by atoms with Gasteiger partial charge < -0.3 is 15.0 Å². The summed E-state index contributed by atoms with van der Waals surface area (Å²) < 4.78 is 5.21. The van der Waals surface area contributed by atoms with Gasteiger partial charge in [-0.15, -0.1) is 0 Å². The van der Waals surface area contributed by atoms with Crippen molar-refractivity contribution in [2.45, 2.75) is 31.7 Å². The minimum Gasteiger partial charge on any atom is -0.383 e. The van der Waals surface area contributed by atoms with E-state index < -0.39 is 0 Å². The fourth-order valence-electron chi connectivity index (χ4n) is 3.80. The molecule has 1 aliphatic carbocycles. The van der Waals surface area contributed by atoms with Gasteiger partial charge in [-0.1, -0.05) is 0 Å². The van der Waals surface area contributed by atoms with Gasteiger partial charge in [0.05, 0.1) is 6.61 Å². The number of nitrogens with zero attached hydrogens (tertiary/aromatic N) is 1. The first kappa shape index (κ1) is 14.7. The molecule has 5 heteroatoms. The van der Waals surface area contributed by atoms with Gasteiger partial charge in [-0.25, -0.2) is 0 Å². The zero-order valence-electron chi connectivity index (χ0n) is 12.4. The van der Waals surface area contributed by atoms with Crippen LogP contribution in [0.1, 0.15) is 25.7 Å². The van der Waals surface area contributed by atoms with Gasteiger partial charge in [0.15, 0.2) is 0 Å². The molecular weight excluding hydrogens is 272 g/mol. The Labute approximate surface area is 126 Å². The SMILES string of the molecule is COCCN(C(=O)C1CC12CCNCC2)C1CCSC1. The summed E-state index contributed by atoms with van der Waals surface area (Å²) in [6.07, 6.45) is 4.64. The first-order valence-electron chi connectivity index (χ1n) is 7.85. The van der Waals surface area contributed by atoms with Crippen LogP contribution in [-0.2, 0) is 9.53 Å². The summed E-state index contributed by atoms with van der Waals surface area (Å²) in [5, 5.41) is 3.41. The molecule has 3 aliphatic rings. The summed E-state index contributed by atoms with van der Waals surface area (Å²) in [5.41, 5.74) is 0.347. The highest BCUT2D eigenvalue weighted by atomic mass is 32.2. The molecule has 1 amide bonds. The monoisotopic (exact) mass is 298 g/mol. The van der Waals surface area contributed by atoms with Crippen LogP contribution in [0.3, 0.4) is 0 Å². The second-order valence-corrected chi connectivity index (χ2v) is 7.56. The summed E-state index contributed by atoms with van der Waals surface area (Å²) in [7, 11) is 1.72. The van der Waals surface area contributed by atoms with E-state index in [2.05, 4.69) is 10.2 Å². The predicted octanol–water partition coefficient (Wildman–Crippen LogP) is 1.36. The van der Waals surface area contributed by atoms with Gasteiger partial charge >= 0.3 is 0 Å². The number of rotatable bonds is 5. The van der Waals surface area contributed by atoms with Crippen molar-refractivity contribution >= 4 is 17.7 Å². The summed E-state index contributed by atoms with van der Waals surface area (Å²) in [6, 6.07) is 0.446. The van der Waals surface area contributed by atoms with Crippen LogP contribution < -0.4 is 5.32 Å². The molecule has 2 unspecified atom stereocenters. The Morgan fingerprint density at radius 2 is 2.25 bits per heavy atom. The molecule has 0 radical (unpaired) electrons. The fourth-order valence-corrected chi connectivity index (χ4v) is 5.03. The Morgan fingerprint density at radius 1 is 1.45 bits per heavy atom. The fraction of sp³-hybridized carbons (Fsp3) is 0.933. The third-order valence-electron chi connectivity index (χ3n) is 5.25. The lowest BCUT2D eigenvalue weighted by Gasteiger charge is -2.30. The van der Waals surface area contributed by atoms with Crippen molar-refractivity contribution < 1.29 is 9.53 Å². The number of hydrogen-bond donors (Lipinski definition) is 1. The third kappa shape index (κ3) is 2.85. The molecule has 3 rings (SSSR count). The summed E-state index contributed by atoms with van der Waals surface area (Å²) in [4.78, 5) is 15.1. The van der Waals surface area contributed by atoms with Gasteiger partial charge in [-0.05, 0) is 49.9 Å². The van der Waals surface area contributed by atoms with Crippen LogP contribution >= 0.6 is 11.8 Å². The molecule has 3 fully saturated rings. The smallest absolute Gasteiger partial charge is 0.226 e. The molecule has 0 aromatic carbocycles. The van der Waals surface area contributed by atoms with Gasteiger partial charge in [0.25, 0.3) is 0 Å². The van der Waals surface area contributed by atoms with Crippen LogP contribution in [-0.4, -0.2) is 61.7 Å². The van der Waals surface area contributed by atoms with Crippen LogP contribution in [0.25, 0.3) is 0 Å². The Hall–Kier alpha value is -0.260. The van der Waals surface area contributed by atoms with Crippen LogP contribution in [0.5, 0.6) is 0 Å². The maximum Gasteiger partial charge on any atom is 0.226 e. The number of carbonyl (C=O) groups excluding carboxylic acids is 1. The van der Waals surface area contributed by atoms with Crippen molar-refractivity contribution in [2.75, 3.05) is 44.9 Å².